The van der Waals surface area contributed by atoms with Crippen molar-refractivity contribution in [3.63, 3.8) is 0 Å². The van der Waals surface area contributed by atoms with Gasteiger partial charge < -0.3 is 25.0 Å². The maximum atomic E-state index is 12.4. The number of hydrogen-bond acceptors (Lipinski definition) is 8. The number of carbonyl (C=O) groups is 3. The Labute approximate surface area is 177 Å². The summed E-state index contributed by atoms with van der Waals surface area (Å²) in [5.74, 6) is -2.05. The van der Waals surface area contributed by atoms with Crippen molar-refractivity contribution in [2.75, 3.05) is 25.3 Å². The molecule has 168 valence electrons. The van der Waals surface area contributed by atoms with Crippen LogP contribution in [-0.4, -0.2) is 47.2 Å². The molecule has 0 saturated carbocycles. The maximum absolute atomic E-state index is 12.4. The topological polar surface area (TPSA) is 174 Å². The second-order valence-electron chi connectivity index (χ2n) is 6.31. The summed E-state index contributed by atoms with van der Waals surface area (Å²) in [5.41, 5.74) is 9.18. The molecule has 2 rings (SSSR count). The van der Waals surface area contributed by atoms with Crippen molar-refractivity contribution < 1.29 is 43.0 Å². The highest BCUT2D eigenvalue weighted by Crippen LogP contribution is 2.39. The third-order valence-corrected chi connectivity index (χ3v) is 4.50. The quantitative estimate of drug-likeness (QED) is 0.247. The summed E-state index contributed by atoms with van der Waals surface area (Å²) in [5, 5.41) is 0. The molecule has 0 aromatic carbocycles. The minimum atomic E-state index is -4.42. The second kappa shape index (κ2) is 10.4. The Bertz CT molecular complexity index is 946. The standard InChI is InChI=1S/C19H23N2O9P/c1-3-28-18(23)15-12-7-5-11(9-14(22)21-30-10-31(25,26)27)6-8-13(12)16(17(15)20)19(24)29-4-2/h5-8H,3-4,9-10,20H2,1-2H3,(H,21,22)(H2,25,26,27). The van der Waals surface area contributed by atoms with Crippen LogP contribution in [0.25, 0.3) is 11.1 Å². The van der Waals surface area contributed by atoms with E-state index >= 15 is 0 Å². The van der Waals surface area contributed by atoms with Gasteiger partial charge in [0.25, 0.3) is 0 Å². The minimum Gasteiger partial charge on any atom is -0.462 e. The van der Waals surface area contributed by atoms with Gasteiger partial charge in [-0.1, -0.05) is 24.3 Å². The Balaban J connectivity index is 2.39. The number of amides is 1. The number of hydrogen-bond donors (Lipinski definition) is 4. The number of rotatable bonds is 9. The number of fused-ring (bicyclic) bond motifs is 1. The summed E-state index contributed by atoms with van der Waals surface area (Å²) < 4.78 is 20.8. The van der Waals surface area contributed by atoms with Gasteiger partial charge in [-0.3, -0.25) is 14.2 Å². The third kappa shape index (κ3) is 6.25. The van der Waals surface area contributed by atoms with Crippen LogP contribution in [-0.2, 0) is 30.1 Å². The van der Waals surface area contributed by atoms with Gasteiger partial charge in [-0.2, -0.15) is 0 Å². The van der Waals surface area contributed by atoms with E-state index in [0.717, 1.165) is 0 Å². The largest absolute Gasteiger partial charge is 0.462 e. The number of nitrogens with one attached hydrogen (secondary N) is 1. The molecular formula is C19H23N2O9P. The zero-order chi connectivity index (χ0) is 23.2. The van der Waals surface area contributed by atoms with Gasteiger partial charge in [-0.15, -0.1) is 0 Å². The summed E-state index contributed by atoms with van der Waals surface area (Å²) in [6.07, 6.45) is -1.15. The van der Waals surface area contributed by atoms with Crippen molar-refractivity contribution >= 4 is 31.1 Å². The molecule has 2 aliphatic carbocycles. The highest BCUT2D eigenvalue weighted by Gasteiger charge is 2.30. The van der Waals surface area contributed by atoms with E-state index in [1.54, 1.807) is 26.0 Å². The number of esters is 2. The molecule has 0 saturated heterocycles. The molecule has 0 aliphatic heterocycles. The summed E-state index contributed by atoms with van der Waals surface area (Å²) >= 11 is 0. The number of nitrogens with two attached hydrogens (primary N) is 1. The average Bonchev–Trinajstić information content (AvgIpc) is 2.80. The van der Waals surface area contributed by atoms with Crippen molar-refractivity contribution in [1.82, 2.24) is 5.48 Å². The van der Waals surface area contributed by atoms with Crippen molar-refractivity contribution in [2.45, 2.75) is 20.3 Å². The molecule has 5 N–H and O–H groups in total. The maximum Gasteiger partial charge on any atom is 0.353 e. The first-order valence-corrected chi connectivity index (χ1v) is 11.0. The van der Waals surface area contributed by atoms with Crippen LogP contribution in [0.4, 0.5) is 5.69 Å². The smallest absolute Gasteiger partial charge is 0.353 e. The zero-order valence-electron chi connectivity index (χ0n) is 16.9. The van der Waals surface area contributed by atoms with E-state index in [1.165, 1.54) is 12.1 Å². The molecule has 0 fully saturated rings. The molecule has 31 heavy (non-hydrogen) atoms. The number of nitrogen functional groups attached to an aromatic ring is 1. The highest BCUT2D eigenvalue weighted by molar-refractivity contribution is 7.51. The summed E-state index contributed by atoms with van der Waals surface area (Å²) in [6, 6.07) is 6.14. The molecule has 11 nitrogen and oxygen atoms in total. The average molecular weight is 454 g/mol. The van der Waals surface area contributed by atoms with Crippen LogP contribution in [0.5, 0.6) is 0 Å². The Kier molecular flexibility index (Phi) is 8.12. The van der Waals surface area contributed by atoms with E-state index in [2.05, 4.69) is 4.84 Å². The van der Waals surface area contributed by atoms with Crippen LogP contribution in [0.2, 0.25) is 0 Å². The Morgan fingerprint density at radius 3 is 1.87 bits per heavy atom. The van der Waals surface area contributed by atoms with Gasteiger partial charge in [-0.05, 0) is 30.5 Å². The van der Waals surface area contributed by atoms with E-state index in [1.807, 2.05) is 5.48 Å². The van der Waals surface area contributed by atoms with Gasteiger partial charge in [0.15, 0.2) is 6.35 Å². The molecule has 2 aliphatic rings. The number of carbonyl (C=O) groups excluding carboxylic acids is 3. The van der Waals surface area contributed by atoms with E-state index < -0.39 is 31.8 Å². The molecule has 1 amide bonds. The minimum absolute atomic E-state index is 0.0245. The number of anilines is 1. The van der Waals surface area contributed by atoms with Crippen LogP contribution < -0.4 is 11.2 Å². The summed E-state index contributed by atoms with van der Waals surface area (Å²) in [7, 11) is -4.42. The van der Waals surface area contributed by atoms with Gasteiger partial charge in [-0.25, -0.2) is 15.1 Å². The van der Waals surface area contributed by atoms with Crippen molar-refractivity contribution in [1.29, 1.82) is 0 Å². The van der Waals surface area contributed by atoms with Crippen LogP contribution >= 0.6 is 7.60 Å². The molecule has 0 radical (unpaired) electrons. The van der Waals surface area contributed by atoms with Crippen LogP contribution in [0.3, 0.4) is 0 Å². The van der Waals surface area contributed by atoms with E-state index in [-0.39, 0.29) is 36.4 Å². The lowest BCUT2D eigenvalue weighted by Gasteiger charge is -2.06. The van der Waals surface area contributed by atoms with Crippen LogP contribution in [0.1, 0.15) is 40.1 Å². The van der Waals surface area contributed by atoms with Gasteiger partial charge >= 0.3 is 19.5 Å². The fourth-order valence-corrected chi connectivity index (χ4v) is 3.08. The Hall–Kier alpha value is -2.98. The van der Waals surface area contributed by atoms with Gasteiger partial charge in [0, 0.05) is 0 Å². The highest BCUT2D eigenvalue weighted by atomic mass is 31.2. The fourth-order valence-electron chi connectivity index (χ4n) is 2.85. The SMILES string of the molecule is CCOC(=O)c1c2ccc(CC(=O)NOCP(=O)(O)O)ccc-2c(C(=O)OCC)c1N. The lowest BCUT2D eigenvalue weighted by Crippen LogP contribution is -2.25. The van der Waals surface area contributed by atoms with Crippen molar-refractivity contribution in [3.05, 3.63) is 41.0 Å². The summed E-state index contributed by atoms with van der Waals surface area (Å²) in [6.45, 7) is 3.49. The molecule has 12 heteroatoms. The predicted molar refractivity (Wildman–Crippen MR) is 109 cm³/mol. The third-order valence-electron chi connectivity index (χ3n) is 4.04. The second-order valence-corrected chi connectivity index (χ2v) is 7.90. The zero-order valence-corrected chi connectivity index (χ0v) is 17.8. The molecule has 0 aromatic heterocycles. The molecule has 0 heterocycles. The van der Waals surface area contributed by atoms with Crippen molar-refractivity contribution in [3.8, 4) is 11.1 Å². The first-order valence-electron chi connectivity index (χ1n) is 9.22. The lowest BCUT2D eigenvalue weighted by molar-refractivity contribution is -0.131. The van der Waals surface area contributed by atoms with E-state index in [0.29, 0.717) is 16.7 Å². The monoisotopic (exact) mass is 454 g/mol. The predicted octanol–water partition coefficient (Wildman–Crippen LogP) is 1.45. The van der Waals surface area contributed by atoms with Crippen LogP contribution in [0, 0.1) is 0 Å². The van der Waals surface area contributed by atoms with Crippen LogP contribution in [0.15, 0.2) is 24.3 Å². The Morgan fingerprint density at radius 1 is 0.968 bits per heavy atom. The van der Waals surface area contributed by atoms with E-state index in [9.17, 15) is 18.9 Å². The van der Waals surface area contributed by atoms with Crippen molar-refractivity contribution in [2.24, 2.45) is 0 Å². The van der Waals surface area contributed by atoms with Gasteiger partial charge in [0.2, 0.25) is 5.91 Å². The molecule has 0 atom stereocenters. The van der Waals surface area contributed by atoms with Gasteiger partial charge in [0.1, 0.15) is 0 Å². The molecule has 0 spiro atoms. The Morgan fingerprint density at radius 2 is 1.45 bits per heavy atom. The van der Waals surface area contributed by atoms with E-state index in [4.69, 9.17) is 25.0 Å². The lowest BCUT2D eigenvalue weighted by atomic mass is 10.1. The molecular weight excluding hydrogens is 431 g/mol. The normalized spacial score (nSPS) is 11.2. The van der Waals surface area contributed by atoms with Gasteiger partial charge in [0.05, 0.1) is 36.4 Å². The summed E-state index contributed by atoms with van der Waals surface area (Å²) in [4.78, 5) is 58.8. The number of hydroxylamine groups is 1. The fraction of sp³-hybridized carbons (Fsp3) is 0.316. The molecule has 0 unspecified atom stereocenters. The molecule has 0 aromatic rings. The number of ether oxygens (including phenoxy) is 2. The first-order chi connectivity index (χ1) is 14.6. The molecule has 0 bridgehead atoms. The first kappa shape index (κ1) is 24.3.